The Balaban J connectivity index is 0.000000255. The molecule has 0 saturated heterocycles. The van der Waals surface area contributed by atoms with Crippen molar-refractivity contribution in [3.05, 3.63) is 183 Å². The number of benzene rings is 4. The van der Waals surface area contributed by atoms with E-state index in [2.05, 4.69) is 75.9 Å². The van der Waals surface area contributed by atoms with Crippen LogP contribution in [0, 0.1) is 72.1 Å². The van der Waals surface area contributed by atoms with Crippen LogP contribution in [0.2, 0.25) is 0 Å². The molecule has 0 amide bonds. The molecule has 78 heavy (non-hydrogen) atoms. The van der Waals surface area contributed by atoms with E-state index in [4.69, 9.17) is 15.3 Å². The number of rotatable bonds is 10. The van der Waals surface area contributed by atoms with Crippen molar-refractivity contribution in [1.29, 1.82) is 5.26 Å². The number of carbonyl (C=O) groups is 4. The molecule has 0 spiro atoms. The third-order valence-electron chi connectivity index (χ3n) is 13.2. The zero-order valence-corrected chi connectivity index (χ0v) is 55.4. The molecule has 12 rings (SSSR count). The Morgan fingerprint density at radius 3 is 1.63 bits per heavy atom. The summed E-state index contributed by atoms with van der Waals surface area (Å²) in [5.41, 5.74) is 6.78. The summed E-state index contributed by atoms with van der Waals surface area (Å²) in [6.45, 7) is 7.76. The first kappa shape index (κ1) is 68.6. The number of ketones is 3. The van der Waals surface area contributed by atoms with Gasteiger partial charge in [0.05, 0.1) is 6.07 Å². The predicted molar refractivity (Wildman–Crippen MR) is 295 cm³/mol. The Bertz CT molecular complexity index is 2940. The Morgan fingerprint density at radius 1 is 0.705 bits per heavy atom. The quantitative estimate of drug-likeness (QED) is 0.0277. The van der Waals surface area contributed by atoms with Crippen molar-refractivity contribution in [3.8, 4) is 6.07 Å². The summed E-state index contributed by atoms with van der Waals surface area (Å²) in [4.78, 5) is 52.3. The van der Waals surface area contributed by atoms with Crippen LogP contribution in [0.15, 0.2) is 100 Å². The minimum atomic E-state index is -0.298. The maximum absolute atomic E-state index is 14.3. The maximum Gasteiger partial charge on any atom is 1.00 e. The van der Waals surface area contributed by atoms with Gasteiger partial charge < -0.3 is 16.9 Å². The zero-order valence-electron chi connectivity index (χ0n) is 45.4. The third-order valence-corrected chi connectivity index (χ3v) is 16.7. The van der Waals surface area contributed by atoms with Gasteiger partial charge in [-0.1, -0.05) is 74.3 Å². The van der Waals surface area contributed by atoms with Gasteiger partial charge in [-0.3, -0.25) is 24.1 Å². The van der Waals surface area contributed by atoms with Crippen molar-refractivity contribution in [1.82, 2.24) is 10.2 Å². The van der Waals surface area contributed by atoms with Gasteiger partial charge >= 0.3 is 103 Å². The summed E-state index contributed by atoms with van der Waals surface area (Å²) in [5, 5.41) is 24.4. The van der Waals surface area contributed by atoms with E-state index in [0.717, 1.165) is 88.4 Å². The van der Waals surface area contributed by atoms with Crippen LogP contribution < -0.4 is 113 Å². The number of nitrogens with zero attached hydrogens (tertiary/aromatic N) is 2. The average Bonchev–Trinajstić information content (AvgIpc) is 4.20. The number of halogens is 6. The van der Waals surface area contributed by atoms with E-state index in [9.17, 15) is 31.9 Å². The van der Waals surface area contributed by atoms with E-state index >= 15 is 0 Å². The van der Waals surface area contributed by atoms with Crippen LogP contribution >= 0.6 is 54.5 Å². The second-order valence-corrected chi connectivity index (χ2v) is 22.5. The van der Waals surface area contributed by atoms with E-state index in [1.54, 1.807) is 72.5 Å². The minimum absolute atomic E-state index is 0. The second kappa shape index (κ2) is 35.3. The summed E-state index contributed by atoms with van der Waals surface area (Å²) in [7, 11) is 0. The van der Waals surface area contributed by atoms with Crippen molar-refractivity contribution in [2.75, 3.05) is 13.1 Å². The molecule has 4 aliphatic carbocycles. The standard InChI is InChI=1S/C18H18FNOS.C11H10BrFO.C11H11FO.C7H6BrF.C7H9NS.C4H5N.CH2O3.2K.H/c19-16-3-1-2-14(18(21)12-4-5-12)15(16)11-20-8-6-17-13(10-20)7-9-22-17;12-6-9-8(2-1-3-10(9)13)11(14)7-4-5-7;1-7-9(3-2-4-10(7)12)11(13)8-5-6-8;1-5-6(8)3-2-4-7(5)9;1-3-8-5-6-2-4-9-7(1)6;5-3-4-1-2-4;2-1-4-3;;;/h1-3,7,9,12H,4-6,8,10-11H2;1-3,7H,4-6H2;2-4,8H,5-6H2,1H3;2-4H,1H3;2,4,8H,1,3,5H2;4H,1-2H2;1,3H;;;/q;;;;;;;2*+1;-1/p-1. The molecule has 0 unspecified atom stereocenters. The minimum Gasteiger partial charge on any atom is -1.00 e. The van der Waals surface area contributed by atoms with Gasteiger partial charge in [-0.15, -0.1) is 22.7 Å². The first-order chi connectivity index (χ1) is 36.7. The molecule has 6 aromatic rings. The molecule has 4 fully saturated rings. The first-order valence-electron chi connectivity index (χ1n) is 25.2. The van der Waals surface area contributed by atoms with Crippen molar-refractivity contribution in [2.45, 2.75) is 103 Å². The smallest absolute Gasteiger partial charge is 1.00 e. The van der Waals surface area contributed by atoms with Crippen LogP contribution in [0.1, 0.15) is 127 Å². The zero-order chi connectivity index (χ0) is 54.7. The largest absolute Gasteiger partial charge is 1.00 e. The second-order valence-electron chi connectivity index (χ2n) is 19.1. The van der Waals surface area contributed by atoms with Crippen LogP contribution in [-0.2, 0) is 47.5 Å². The fourth-order valence-corrected chi connectivity index (χ4v) is 10.8. The van der Waals surface area contributed by atoms with E-state index in [1.165, 1.54) is 46.7 Å². The molecule has 0 radical (unpaired) electrons. The molecule has 0 bridgehead atoms. The maximum atomic E-state index is 14.3. The predicted octanol–water partition coefficient (Wildman–Crippen LogP) is 7.84. The van der Waals surface area contributed by atoms with Crippen molar-refractivity contribution >= 4 is 78.4 Å². The Labute approximate surface area is 566 Å². The van der Waals surface area contributed by atoms with Crippen molar-refractivity contribution in [2.24, 2.45) is 23.7 Å². The van der Waals surface area contributed by atoms with Gasteiger partial charge in [0, 0.05) is 104 Å². The van der Waals surface area contributed by atoms with Gasteiger partial charge in [-0.25, -0.2) is 17.6 Å². The summed E-state index contributed by atoms with van der Waals surface area (Å²) < 4.78 is 54.1. The van der Waals surface area contributed by atoms with Gasteiger partial charge in [-0.05, 0) is 154 Å². The summed E-state index contributed by atoms with van der Waals surface area (Å²) in [6.07, 6.45) is 10.3. The molecular formula is C59H61Br2F4K2N3O6S2. The molecule has 9 nitrogen and oxygen atoms in total. The van der Waals surface area contributed by atoms with Gasteiger partial charge in [0.25, 0.3) is 6.47 Å². The monoisotopic (exact) mass is 1280 g/mol. The fourth-order valence-electron chi connectivity index (χ4n) is 8.07. The number of Topliss-reactive ketones (excluding diaryl/α,β-unsaturated/α-hetero) is 3. The molecule has 1 N–H and O–H groups in total. The number of hydrogen-bond acceptors (Lipinski definition) is 11. The number of nitrogens with one attached hydrogen (secondary N) is 1. The number of fused-ring (bicyclic) bond motifs is 2. The van der Waals surface area contributed by atoms with Crippen LogP contribution in [0.3, 0.4) is 0 Å². The Hall–Kier alpha value is -1.92. The van der Waals surface area contributed by atoms with E-state index in [1.807, 2.05) is 17.4 Å². The Morgan fingerprint density at radius 2 is 1.17 bits per heavy atom. The molecule has 19 heteroatoms. The van der Waals surface area contributed by atoms with E-state index < -0.39 is 0 Å². The molecule has 6 aliphatic rings. The summed E-state index contributed by atoms with van der Waals surface area (Å²) in [6, 6.07) is 25.7. The number of carbonyl (C=O) groups excluding carboxylic acids is 4. The van der Waals surface area contributed by atoms with Crippen molar-refractivity contribution < 1.29 is 151 Å². The van der Waals surface area contributed by atoms with Crippen LogP contribution in [0.5, 0.6) is 0 Å². The fraction of sp³-hybridized carbons (Fsp3) is 0.373. The molecule has 4 saturated carbocycles. The molecular weight excluding hydrogens is 1220 g/mol. The number of alkyl halides is 1. The third kappa shape index (κ3) is 21.7. The summed E-state index contributed by atoms with van der Waals surface area (Å²) in [5.74, 6) is 0.223. The van der Waals surface area contributed by atoms with Gasteiger partial charge in [0.15, 0.2) is 17.3 Å². The summed E-state index contributed by atoms with van der Waals surface area (Å²) >= 11 is 10.1. The van der Waals surface area contributed by atoms with Crippen LogP contribution in [-0.4, -0.2) is 41.8 Å². The molecule has 0 atom stereocenters. The number of hydrogen-bond donors (Lipinski definition) is 1. The Kier molecular flexibility index (Phi) is 31.0. The normalized spacial score (nSPS) is 15.3. The first-order valence-corrected chi connectivity index (χ1v) is 28.9. The molecule has 2 aromatic heterocycles. The molecule has 4 heterocycles. The number of nitriles is 1. The van der Waals surface area contributed by atoms with Crippen molar-refractivity contribution in [3.63, 3.8) is 0 Å². The van der Waals surface area contributed by atoms with Gasteiger partial charge in [0.2, 0.25) is 0 Å². The SMILES string of the molecule is Cc1c(F)cccc1Br.Cc1c(F)cccc1C(=O)C1CC1.N#CC1CC1.O=C(c1cccc(F)c1CBr)C1CC1.O=C(c1cccc(F)c1CN1CCc2sccc2C1)C1CC1.O=CO[O-].[H-].[K+].[K+].c1cc2c(s1)CCNC2. The van der Waals surface area contributed by atoms with Crippen LogP contribution in [0.4, 0.5) is 17.6 Å². The number of thiophene rings is 2. The topological polar surface area (TPSA) is 140 Å². The molecule has 2 aliphatic heterocycles. The van der Waals surface area contributed by atoms with E-state index in [-0.39, 0.29) is 169 Å². The van der Waals surface area contributed by atoms with Gasteiger partial charge in [0.1, 0.15) is 23.3 Å². The molecule has 404 valence electrons. The molecule has 4 aromatic carbocycles. The van der Waals surface area contributed by atoms with Crippen LogP contribution in [0.25, 0.3) is 0 Å². The van der Waals surface area contributed by atoms with Gasteiger partial charge in [-0.2, -0.15) is 5.26 Å². The van der Waals surface area contributed by atoms with E-state index in [0.29, 0.717) is 56.7 Å². The average molecular weight is 1290 g/mol.